The van der Waals surface area contributed by atoms with Crippen LogP contribution in [0, 0.1) is 0 Å². The first-order chi connectivity index (χ1) is 13.8. The molecule has 0 aliphatic rings. The van der Waals surface area contributed by atoms with Gasteiger partial charge in [0.25, 0.3) is 17.6 Å². The zero-order chi connectivity index (χ0) is 21.0. The largest absolute Gasteiger partial charge is 0.378 e. The lowest BCUT2D eigenvalue weighted by molar-refractivity contribution is -0.122. The molecule has 29 heavy (non-hydrogen) atoms. The molecule has 0 spiro atoms. The van der Waals surface area contributed by atoms with Crippen molar-refractivity contribution in [3.8, 4) is 0 Å². The van der Waals surface area contributed by atoms with Crippen LogP contribution in [0.2, 0.25) is 0 Å². The molecule has 2 aromatic carbocycles. The number of hydrogen-bond acceptors (Lipinski definition) is 5. The summed E-state index contributed by atoms with van der Waals surface area (Å²) in [5.74, 6) is -3.72. The van der Waals surface area contributed by atoms with Crippen molar-refractivity contribution >= 4 is 40.3 Å². The molecule has 0 radical (unpaired) electrons. The molecule has 0 bridgehead atoms. The summed E-state index contributed by atoms with van der Waals surface area (Å²) in [5, 5.41) is 0.0290. The number of rotatable bonds is 6. The van der Waals surface area contributed by atoms with E-state index in [1.165, 1.54) is 4.57 Å². The van der Waals surface area contributed by atoms with Gasteiger partial charge in [-0.3, -0.25) is 20.4 Å². The normalized spacial score (nSPS) is 10.9. The number of amides is 2. The Morgan fingerprint density at radius 3 is 2.62 bits per heavy atom. The molecule has 0 unspecified atom stereocenters. The smallest absolute Gasteiger partial charge is 0.291 e. The van der Waals surface area contributed by atoms with Crippen LogP contribution < -0.4 is 15.8 Å². The fraction of sp³-hybridized carbons (Fsp3) is 0.211. The number of imidazole rings is 1. The molecule has 2 amide bonds. The zero-order valence-electron chi connectivity index (χ0n) is 15.7. The molecule has 3 aromatic rings. The van der Waals surface area contributed by atoms with Crippen LogP contribution in [0.3, 0.4) is 0 Å². The number of nitrogens with one attached hydrogen (secondary N) is 2. The molecule has 0 aliphatic heterocycles. The summed E-state index contributed by atoms with van der Waals surface area (Å²) < 4.78 is 27.1. The van der Waals surface area contributed by atoms with Gasteiger partial charge in [-0.15, -0.1) is 0 Å². The van der Waals surface area contributed by atoms with Gasteiger partial charge < -0.3 is 9.47 Å². The van der Waals surface area contributed by atoms with Gasteiger partial charge in [-0.05, 0) is 42.1 Å². The molecule has 1 heterocycles. The van der Waals surface area contributed by atoms with E-state index < -0.39 is 17.6 Å². The van der Waals surface area contributed by atoms with E-state index in [2.05, 4.69) is 15.8 Å². The van der Waals surface area contributed by atoms with E-state index in [1.807, 2.05) is 25.1 Å². The second-order valence-electron chi connectivity index (χ2n) is 6.29. The van der Waals surface area contributed by atoms with Crippen molar-refractivity contribution in [1.29, 1.82) is 0 Å². The van der Waals surface area contributed by atoms with E-state index in [0.29, 0.717) is 16.6 Å². The van der Waals surface area contributed by atoms with Gasteiger partial charge in [0.2, 0.25) is 0 Å². The van der Waals surface area contributed by atoms with E-state index in [0.717, 1.165) is 5.69 Å². The second kappa shape index (κ2) is 8.91. The van der Waals surface area contributed by atoms with Crippen LogP contribution in [0.25, 0.3) is 11.0 Å². The lowest BCUT2D eigenvalue weighted by atomic mass is 10.2. The van der Waals surface area contributed by atoms with E-state index in [1.54, 1.807) is 42.5 Å². The Morgan fingerprint density at radius 2 is 1.90 bits per heavy atom. The number of alkyl halides is 2. The molecular formula is C19H19F2N5O2S. The van der Waals surface area contributed by atoms with Gasteiger partial charge in [0.05, 0.1) is 11.0 Å². The fourth-order valence-electron chi connectivity index (χ4n) is 2.68. The number of hydrogen-bond donors (Lipinski definition) is 2. The maximum absolute atomic E-state index is 12.8. The monoisotopic (exact) mass is 419 g/mol. The number of benzene rings is 2. The van der Waals surface area contributed by atoms with Gasteiger partial charge in [-0.2, -0.15) is 8.78 Å². The van der Waals surface area contributed by atoms with Crippen molar-refractivity contribution in [2.75, 3.05) is 19.0 Å². The molecule has 1 aromatic heterocycles. The highest BCUT2D eigenvalue weighted by molar-refractivity contribution is 7.99. The summed E-state index contributed by atoms with van der Waals surface area (Å²) >= 11 is 0.265. The van der Waals surface area contributed by atoms with Gasteiger partial charge in [0.15, 0.2) is 5.16 Å². The number of anilines is 1. The highest BCUT2D eigenvalue weighted by Crippen LogP contribution is 2.28. The highest BCUT2D eigenvalue weighted by Gasteiger charge is 2.18. The van der Waals surface area contributed by atoms with Crippen molar-refractivity contribution in [1.82, 2.24) is 20.4 Å². The summed E-state index contributed by atoms with van der Waals surface area (Å²) in [6.07, 6.45) is 0. The third-order valence-corrected chi connectivity index (χ3v) is 4.76. The summed E-state index contributed by atoms with van der Waals surface area (Å²) in [5.41, 5.74) is 6.92. The molecule has 2 N–H and O–H groups in total. The molecule has 3 rings (SSSR count). The van der Waals surface area contributed by atoms with Gasteiger partial charge >= 0.3 is 0 Å². The van der Waals surface area contributed by atoms with Crippen LogP contribution in [0.15, 0.2) is 53.7 Å². The zero-order valence-corrected chi connectivity index (χ0v) is 16.5. The summed E-state index contributed by atoms with van der Waals surface area (Å²) in [4.78, 5) is 30.6. The molecule has 7 nitrogen and oxygen atoms in total. The Balaban J connectivity index is 1.69. The molecule has 10 heteroatoms. The average molecular weight is 419 g/mol. The van der Waals surface area contributed by atoms with Crippen molar-refractivity contribution < 1.29 is 18.4 Å². The average Bonchev–Trinajstić information content (AvgIpc) is 3.02. The Hall–Kier alpha value is -3.14. The Kier molecular flexibility index (Phi) is 6.32. The number of carbonyl (C=O) groups excluding carboxylic acids is 2. The molecule has 0 atom stereocenters. The molecule has 0 aliphatic carbocycles. The summed E-state index contributed by atoms with van der Waals surface area (Å²) in [7, 11) is 3.70. The third kappa shape index (κ3) is 5.02. The fourth-order valence-corrected chi connectivity index (χ4v) is 3.28. The van der Waals surface area contributed by atoms with E-state index in [-0.39, 0.29) is 23.5 Å². The Bertz CT molecular complexity index is 1040. The molecule has 0 saturated heterocycles. The van der Waals surface area contributed by atoms with Crippen LogP contribution in [-0.4, -0.2) is 41.2 Å². The van der Waals surface area contributed by atoms with Crippen molar-refractivity contribution in [2.45, 2.75) is 17.5 Å². The lowest BCUT2D eigenvalue weighted by Crippen LogP contribution is -2.43. The topological polar surface area (TPSA) is 79.3 Å². The molecule has 0 saturated carbocycles. The Labute approximate surface area is 170 Å². The first-order valence-corrected chi connectivity index (χ1v) is 9.50. The standard InChI is InChI=1S/C19H19F2N5O2S/c1-25(2)13-7-5-6-12(10-13)17(28)24-23-16(27)11-26-15-9-4-3-8-14(15)22-19(26)29-18(20)21/h3-10,18H,11H2,1-2H3,(H,23,27)(H,24,28). The van der Waals surface area contributed by atoms with Crippen molar-refractivity contribution in [3.05, 3.63) is 54.1 Å². The lowest BCUT2D eigenvalue weighted by Gasteiger charge is -2.14. The van der Waals surface area contributed by atoms with Gasteiger partial charge in [-0.25, -0.2) is 4.98 Å². The second-order valence-corrected chi connectivity index (χ2v) is 7.25. The number of hydrazine groups is 1. The SMILES string of the molecule is CN(C)c1cccc(C(=O)NNC(=O)Cn2c(SC(F)F)nc3ccccc32)c1. The van der Waals surface area contributed by atoms with E-state index in [9.17, 15) is 18.4 Å². The van der Waals surface area contributed by atoms with Crippen LogP contribution in [0.1, 0.15) is 10.4 Å². The minimum atomic E-state index is -2.67. The highest BCUT2D eigenvalue weighted by atomic mass is 32.2. The minimum absolute atomic E-state index is 0.0290. The number of thioether (sulfide) groups is 1. The van der Waals surface area contributed by atoms with Crippen LogP contribution in [-0.2, 0) is 11.3 Å². The van der Waals surface area contributed by atoms with Gasteiger partial charge in [0, 0.05) is 25.3 Å². The number of para-hydroxylation sites is 2. The third-order valence-electron chi connectivity index (χ3n) is 4.06. The summed E-state index contributed by atoms with van der Waals surface area (Å²) in [6, 6.07) is 13.7. The number of aromatic nitrogens is 2. The summed E-state index contributed by atoms with van der Waals surface area (Å²) in [6.45, 7) is -0.270. The first-order valence-electron chi connectivity index (χ1n) is 8.62. The van der Waals surface area contributed by atoms with Gasteiger partial charge in [-0.1, -0.05) is 18.2 Å². The maximum atomic E-state index is 12.8. The molecule has 152 valence electrons. The molecule has 0 fully saturated rings. The molecular weight excluding hydrogens is 400 g/mol. The number of fused-ring (bicyclic) bond motifs is 1. The number of halogens is 2. The number of nitrogens with zero attached hydrogens (tertiary/aromatic N) is 3. The first kappa shape index (κ1) is 20.6. The van der Waals surface area contributed by atoms with E-state index >= 15 is 0 Å². The quantitative estimate of drug-likeness (QED) is 0.475. The van der Waals surface area contributed by atoms with Gasteiger partial charge in [0.1, 0.15) is 6.54 Å². The maximum Gasteiger partial charge on any atom is 0.291 e. The van der Waals surface area contributed by atoms with Crippen LogP contribution >= 0.6 is 11.8 Å². The van der Waals surface area contributed by atoms with Crippen molar-refractivity contribution in [3.63, 3.8) is 0 Å². The number of carbonyl (C=O) groups is 2. The minimum Gasteiger partial charge on any atom is -0.378 e. The van der Waals surface area contributed by atoms with E-state index in [4.69, 9.17) is 0 Å². The Morgan fingerprint density at radius 1 is 1.14 bits per heavy atom. The van der Waals surface area contributed by atoms with Crippen molar-refractivity contribution in [2.24, 2.45) is 0 Å². The predicted molar refractivity (Wildman–Crippen MR) is 108 cm³/mol. The van der Waals surface area contributed by atoms with Crippen LogP contribution in [0.4, 0.5) is 14.5 Å². The van der Waals surface area contributed by atoms with Crippen LogP contribution in [0.5, 0.6) is 0 Å². The predicted octanol–water partition coefficient (Wildman–Crippen LogP) is 2.88.